The molecule has 0 aromatic rings. The maximum Gasteiger partial charge on any atom is 0.279 e. The Balaban J connectivity index is 1.96. The lowest BCUT2D eigenvalue weighted by Crippen LogP contribution is -2.48. The average molecular weight is 267 g/mol. The van der Waals surface area contributed by atoms with Crippen LogP contribution < -0.4 is 4.72 Å². The minimum Gasteiger partial charge on any atom is -0.198 e. The largest absolute Gasteiger partial charge is 0.279 e. The maximum absolute atomic E-state index is 12.0. The van der Waals surface area contributed by atoms with Gasteiger partial charge in [-0.05, 0) is 25.7 Å². The fourth-order valence-corrected chi connectivity index (χ4v) is 4.38. The zero-order chi connectivity index (χ0) is 11.6. The third-order valence-electron chi connectivity index (χ3n) is 3.39. The van der Waals surface area contributed by atoms with Crippen LogP contribution in [0.4, 0.5) is 0 Å². The predicted octanol–water partition coefficient (Wildman–Crippen LogP) is 1.47. The molecule has 2 unspecified atom stereocenters. The molecule has 4 nitrogen and oxygen atoms in total. The van der Waals surface area contributed by atoms with Crippen molar-refractivity contribution in [1.29, 1.82) is 0 Å². The first-order valence-corrected chi connectivity index (χ1v) is 7.89. The van der Waals surface area contributed by atoms with Gasteiger partial charge >= 0.3 is 0 Å². The Bertz CT molecular complexity index is 328. The van der Waals surface area contributed by atoms with Gasteiger partial charge in [-0.25, -0.2) is 0 Å². The molecule has 2 aliphatic rings. The summed E-state index contributed by atoms with van der Waals surface area (Å²) in [6.45, 7) is 1.30. The molecule has 1 aliphatic heterocycles. The van der Waals surface area contributed by atoms with E-state index in [1.165, 1.54) is 4.31 Å². The van der Waals surface area contributed by atoms with Gasteiger partial charge in [-0.1, -0.05) is 12.8 Å². The van der Waals surface area contributed by atoms with Gasteiger partial charge < -0.3 is 0 Å². The number of hydrogen-bond acceptors (Lipinski definition) is 2. The summed E-state index contributed by atoms with van der Waals surface area (Å²) in [5.74, 6) is 0. The predicted molar refractivity (Wildman–Crippen MR) is 64.8 cm³/mol. The molecular formula is C10H19ClN2O2S. The second kappa shape index (κ2) is 5.21. The van der Waals surface area contributed by atoms with Gasteiger partial charge in [0.25, 0.3) is 10.2 Å². The van der Waals surface area contributed by atoms with E-state index in [4.69, 9.17) is 11.6 Å². The average Bonchev–Trinajstić information content (AvgIpc) is 2.75. The molecule has 1 N–H and O–H groups in total. The van der Waals surface area contributed by atoms with E-state index < -0.39 is 10.2 Å². The third-order valence-corrected chi connectivity index (χ3v) is 5.55. The summed E-state index contributed by atoms with van der Waals surface area (Å²) in [5.41, 5.74) is 0. The highest BCUT2D eigenvalue weighted by Crippen LogP contribution is 2.24. The molecule has 2 fully saturated rings. The minimum absolute atomic E-state index is 0.0499. The summed E-state index contributed by atoms with van der Waals surface area (Å²) in [4.78, 5) is 0. The van der Waals surface area contributed by atoms with Crippen LogP contribution in [0.1, 0.15) is 38.5 Å². The van der Waals surface area contributed by atoms with Crippen molar-refractivity contribution in [2.45, 2.75) is 49.9 Å². The highest BCUT2D eigenvalue weighted by Gasteiger charge is 2.31. The standard InChI is InChI=1S/C10H19ClN2O2S/c11-9-5-1-2-6-10(9)12-16(14,15)13-7-3-4-8-13/h9-10,12H,1-8H2. The smallest absolute Gasteiger partial charge is 0.198 e. The molecule has 0 radical (unpaired) electrons. The Morgan fingerprint density at radius 3 is 2.31 bits per heavy atom. The SMILES string of the molecule is O=S(=O)(NC1CCCCC1Cl)N1CCCC1. The van der Waals surface area contributed by atoms with Crippen LogP contribution in [0.3, 0.4) is 0 Å². The van der Waals surface area contributed by atoms with Crippen LogP contribution in [0.2, 0.25) is 0 Å². The summed E-state index contributed by atoms with van der Waals surface area (Å²) < 4.78 is 28.3. The van der Waals surface area contributed by atoms with Crippen molar-refractivity contribution in [2.24, 2.45) is 0 Å². The number of nitrogens with zero attached hydrogens (tertiary/aromatic N) is 1. The van der Waals surface area contributed by atoms with E-state index in [1.807, 2.05) is 0 Å². The normalized spacial score (nSPS) is 33.1. The van der Waals surface area contributed by atoms with E-state index in [2.05, 4.69) is 4.72 Å². The molecule has 2 rings (SSSR count). The summed E-state index contributed by atoms with van der Waals surface area (Å²) in [6, 6.07) is -0.0824. The van der Waals surface area contributed by atoms with Gasteiger partial charge in [0.05, 0.1) is 0 Å². The fraction of sp³-hybridized carbons (Fsp3) is 1.00. The molecule has 0 spiro atoms. The van der Waals surface area contributed by atoms with Crippen molar-refractivity contribution < 1.29 is 8.42 Å². The van der Waals surface area contributed by atoms with E-state index in [9.17, 15) is 8.42 Å². The highest BCUT2D eigenvalue weighted by molar-refractivity contribution is 7.87. The van der Waals surface area contributed by atoms with E-state index in [0.717, 1.165) is 38.5 Å². The molecule has 94 valence electrons. The Kier molecular flexibility index (Phi) is 4.11. The second-order valence-corrected chi connectivity index (χ2v) is 6.90. The van der Waals surface area contributed by atoms with Gasteiger partial charge in [-0.3, -0.25) is 0 Å². The van der Waals surface area contributed by atoms with Crippen molar-refractivity contribution in [3.63, 3.8) is 0 Å². The van der Waals surface area contributed by atoms with Gasteiger partial charge in [0.15, 0.2) is 0 Å². The van der Waals surface area contributed by atoms with Crippen LogP contribution in [-0.4, -0.2) is 37.2 Å². The van der Waals surface area contributed by atoms with Crippen molar-refractivity contribution in [1.82, 2.24) is 9.03 Å². The molecule has 1 saturated heterocycles. The number of hydrogen-bond donors (Lipinski definition) is 1. The monoisotopic (exact) mass is 266 g/mol. The van der Waals surface area contributed by atoms with Crippen molar-refractivity contribution in [2.75, 3.05) is 13.1 Å². The maximum atomic E-state index is 12.0. The molecule has 0 aromatic carbocycles. The zero-order valence-electron chi connectivity index (χ0n) is 9.36. The Labute approximate surface area is 103 Å². The first-order valence-electron chi connectivity index (χ1n) is 6.01. The second-order valence-electron chi connectivity index (χ2n) is 4.64. The van der Waals surface area contributed by atoms with Crippen molar-refractivity contribution in [3.05, 3.63) is 0 Å². The van der Waals surface area contributed by atoms with E-state index in [-0.39, 0.29) is 11.4 Å². The number of rotatable bonds is 3. The molecule has 16 heavy (non-hydrogen) atoms. The summed E-state index contributed by atoms with van der Waals surface area (Å²) >= 11 is 6.15. The third kappa shape index (κ3) is 2.88. The van der Waals surface area contributed by atoms with E-state index in [0.29, 0.717) is 13.1 Å². The van der Waals surface area contributed by atoms with Gasteiger partial charge in [0, 0.05) is 24.5 Å². The first kappa shape index (κ1) is 12.6. The van der Waals surface area contributed by atoms with Crippen LogP contribution >= 0.6 is 11.6 Å². The van der Waals surface area contributed by atoms with Crippen molar-refractivity contribution >= 4 is 21.8 Å². The Morgan fingerprint density at radius 2 is 1.69 bits per heavy atom. The summed E-state index contributed by atoms with van der Waals surface area (Å²) in [5, 5.41) is -0.0499. The first-order chi connectivity index (χ1) is 7.59. The zero-order valence-corrected chi connectivity index (χ0v) is 10.9. The highest BCUT2D eigenvalue weighted by atomic mass is 35.5. The lowest BCUT2D eigenvalue weighted by atomic mass is 9.96. The number of halogens is 1. The molecule has 0 aromatic heterocycles. The molecule has 1 aliphatic carbocycles. The van der Waals surface area contributed by atoms with Crippen LogP contribution in [0.15, 0.2) is 0 Å². The van der Waals surface area contributed by atoms with Crippen LogP contribution in [0, 0.1) is 0 Å². The van der Waals surface area contributed by atoms with Gasteiger partial charge in [-0.2, -0.15) is 17.4 Å². The van der Waals surface area contributed by atoms with Crippen LogP contribution in [-0.2, 0) is 10.2 Å². The molecule has 0 amide bonds. The minimum atomic E-state index is -3.29. The van der Waals surface area contributed by atoms with Crippen LogP contribution in [0.25, 0.3) is 0 Å². The topological polar surface area (TPSA) is 49.4 Å². The lowest BCUT2D eigenvalue weighted by molar-refractivity contribution is 0.397. The fourth-order valence-electron chi connectivity index (χ4n) is 2.41. The van der Waals surface area contributed by atoms with Gasteiger partial charge in [-0.15, -0.1) is 11.6 Å². The lowest BCUT2D eigenvalue weighted by Gasteiger charge is -2.29. The summed E-state index contributed by atoms with van der Waals surface area (Å²) in [6.07, 6.45) is 5.88. The molecule has 2 atom stereocenters. The van der Waals surface area contributed by atoms with Gasteiger partial charge in [0.1, 0.15) is 0 Å². The Hall–Kier alpha value is 0.160. The molecule has 6 heteroatoms. The van der Waals surface area contributed by atoms with Crippen molar-refractivity contribution in [3.8, 4) is 0 Å². The van der Waals surface area contributed by atoms with E-state index in [1.54, 1.807) is 0 Å². The van der Waals surface area contributed by atoms with Gasteiger partial charge in [0.2, 0.25) is 0 Å². The molecule has 1 heterocycles. The molecule has 0 bridgehead atoms. The number of nitrogens with one attached hydrogen (secondary N) is 1. The quantitative estimate of drug-likeness (QED) is 0.787. The Morgan fingerprint density at radius 1 is 1.06 bits per heavy atom. The molecule has 1 saturated carbocycles. The van der Waals surface area contributed by atoms with E-state index >= 15 is 0 Å². The summed E-state index contributed by atoms with van der Waals surface area (Å²) in [7, 11) is -3.29. The van der Waals surface area contributed by atoms with Crippen LogP contribution in [0.5, 0.6) is 0 Å². The number of alkyl halides is 1. The molecular weight excluding hydrogens is 248 g/mol.